The van der Waals surface area contributed by atoms with Gasteiger partial charge in [-0.15, -0.1) is 0 Å². The van der Waals surface area contributed by atoms with Crippen molar-refractivity contribution < 1.29 is 14.3 Å². The van der Waals surface area contributed by atoms with E-state index in [-0.39, 0.29) is 0 Å². The van der Waals surface area contributed by atoms with Gasteiger partial charge in [0.15, 0.2) is 0 Å². The molecule has 3 heteroatoms. The van der Waals surface area contributed by atoms with Gasteiger partial charge in [-0.1, -0.05) is 6.08 Å². The SMILES string of the molecule is CC(C)(C)OC(=O)C=C1C=CC=CO1. The third-order valence-electron chi connectivity index (χ3n) is 1.32. The van der Waals surface area contributed by atoms with Crippen molar-refractivity contribution in [3.05, 3.63) is 36.3 Å². The van der Waals surface area contributed by atoms with Crippen LogP contribution in [-0.4, -0.2) is 11.6 Å². The maximum atomic E-state index is 11.3. The fourth-order valence-corrected chi connectivity index (χ4v) is 0.882. The summed E-state index contributed by atoms with van der Waals surface area (Å²) in [6.07, 6.45) is 8.07. The van der Waals surface area contributed by atoms with Crippen LogP contribution in [0, 0.1) is 0 Å². The number of hydrogen-bond donors (Lipinski definition) is 0. The van der Waals surface area contributed by atoms with Gasteiger partial charge in [0.1, 0.15) is 11.4 Å². The minimum Gasteiger partial charge on any atom is -0.465 e. The number of carbonyl (C=O) groups excluding carboxylic acids is 1. The molecule has 1 rings (SSSR count). The Balaban J connectivity index is 2.56. The Labute approximate surface area is 83.7 Å². The molecule has 0 bridgehead atoms. The molecule has 0 aromatic carbocycles. The maximum Gasteiger partial charge on any atom is 0.335 e. The summed E-state index contributed by atoms with van der Waals surface area (Å²) in [5, 5.41) is 0. The number of ether oxygens (including phenoxy) is 2. The van der Waals surface area contributed by atoms with E-state index in [1.807, 2.05) is 20.8 Å². The van der Waals surface area contributed by atoms with Crippen LogP contribution in [0.3, 0.4) is 0 Å². The predicted octanol–water partition coefficient (Wildman–Crippen LogP) is 2.31. The first-order chi connectivity index (χ1) is 6.47. The second-order valence-corrected chi connectivity index (χ2v) is 3.89. The van der Waals surface area contributed by atoms with E-state index in [0.717, 1.165) is 0 Å². The highest BCUT2D eigenvalue weighted by Gasteiger charge is 2.15. The largest absolute Gasteiger partial charge is 0.465 e. The molecule has 1 aliphatic heterocycles. The molecule has 0 amide bonds. The minimum atomic E-state index is -0.470. The molecule has 3 nitrogen and oxygen atoms in total. The van der Waals surface area contributed by atoms with Gasteiger partial charge in [-0.05, 0) is 32.9 Å². The van der Waals surface area contributed by atoms with E-state index in [1.165, 1.54) is 12.3 Å². The van der Waals surface area contributed by atoms with Crippen molar-refractivity contribution in [3.63, 3.8) is 0 Å². The zero-order valence-electron chi connectivity index (χ0n) is 8.61. The number of rotatable bonds is 1. The number of allylic oxidation sites excluding steroid dienone is 3. The van der Waals surface area contributed by atoms with Crippen LogP contribution >= 0.6 is 0 Å². The van der Waals surface area contributed by atoms with Gasteiger partial charge in [0, 0.05) is 0 Å². The Bertz CT molecular complexity index is 303. The summed E-state index contributed by atoms with van der Waals surface area (Å²) in [6.45, 7) is 5.46. The van der Waals surface area contributed by atoms with Crippen LogP contribution in [0.25, 0.3) is 0 Å². The summed E-state index contributed by atoms with van der Waals surface area (Å²) in [6, 6.07) is 0. The Kier molecular flexibility index (Phi) is 3.12. The van der Waals surface area contributed by atoms with Gasteiger partial charge in [-0.2, -0.15) is 0 Å². The van der Waals surface area contributed by atoms with Gasteiger partial charge in [-0.3, -0.25) is 0 Å². The molecule has 76 valence electrons. The Morgan fingerprint density at radius 3 is 2.64 bits per heavy atom. The maximum absolute atomic E-state index is 11.3. The van der Waals surface area contributed by atoms with Crippen LogP contribution in [0.15, 0.2) is 36.3 Å². The van der Waals surface area contributed by atoms with Gasteiger partial charge in [0.2, 0.25) is 0 Å². The molecule has 0 N–H and O–H groups in total. The highest BCUT2D eigenvalue weighted by Crippen LogP contribution is 2.10. The summed E-state index contributed by atoms with van der Waals surface area (Å²) >= 11 is 0. The van der Waals surface area contributed by atoms with Crippen LogP contribution in [0.2, 0.25) is 0 Å². The second-order valence-electron chi connectivity index (χ2n) is 3.89. The van der Waals surface area contributed by atoms with Crippen LogP contribution in [0.1, 0.15) is 20.8 Å². The molecule has 0 saturated heterocycles. The highest BCUT2D eigenvalue weighted by atomic mass is 16.6. The van der Waals surface area contributed by atoms with Crippen molar-refractivity contribution in [1.82, 2.24) is 0 Å². The summed E-state index contributed by atoms with van der Waals surface area (Å²) in [7, 11) is 0. The first-order valence-electron chi connectivity index (χ1n) is 4.42. The van der Waals surface area contributed by atoms with Crippen molar-refractivity contribution in [3.8, 4) is 0 Å². The molecule has 0 saturated carbocycles. The average molecular weight is 194 g/mol. The summed E-state index contributed by atoms with van der Waals surface area (Å²) in [5.41, 5.74) is -0.470. The van der Waals surface area contributed by atoms with Crippen LogP contribution < -0.4 is 0 Å². The van der Waals surface area contributed by atoms with Crippen molar-refractivity contribution in [2.45, 2.75) is 26.4 Å². The summed E-state index contributed by atoms with van der Waals surface area (Å²) in [4.78, 5) is 11.3. The smallest absolute Gasteiger partial charge is 0.335 e. The topological polar surface area (TPSA) is 35.5 Å². The van der Waals surface area contributed by atoms with E-state index in [0.29, 0.717) is 5.76 Å². The highest BCUT2D eigenvalue weighted by molar-refractivity contribution is 5.83. The fraction of sp³-hybridized carbons (Fsp3) is 0.364. The molecule has 14 heavy (non-hydrogen) atoms. The van der Waals surface area contributed by atoms with Gasteiger partial charge < -0.3 is 9.47 Å². The normalized spacial score (nSPS) is 18.1. The molecule has 0 spiro atoms. The third kappa shape index (κ3) is 3.94. The van der Waals surface area contributed by atoms with E-state index in [9.17, 15) is 4.79 Å². The zero-order chi connectivity index (χ0) is 10.6. The molecule has 0 aromatic heterocycles. The van der Waals surface area contributed by atoms with Gasteiger partial charge >= 0.3 is 5.97 Å². The lowest BCUT2D eigenvalue weighted by molar-refractivity contribution is -0.148. The lowest BCUT2D eigenvalue weighted by atomic mass is 10.2. The van der Waals surface area contributed by atoms with Crippen LogP contribution in [0.5, 0.6) is 0 Å². The molecule has 0 aromatic rings. The van der Waals surface area contributed by atoms with Gasteiger partial charge in [0.05, 0.1) is 12.3 Å². The van der Waals surface area contributed by atoms with E-state index < -0.39 is 11.6 Å². The molecule has 1 aliphatic rings. The monoisotopic (exact) mass is 194 g/mol. The first kappa shape index (κ1) is 10.6. The quantitative estimate of drug-likeness (QED) is 0.474. The molecular formula is C11H14O3. The number of esters is 1. The van der Waals surface area contributed by atoms with Gasteiger partial charge in [0.25, 0.3) is 0 Å². The molecule has 1 heterocycles. The molecule has 0 aliphatic carbocycles. The van der Waals surface area contributed by atoms with Crippen molar-refractivity contribution in [2.24, 2.45) is 0 Å². The lowest BCUT2D eigenvalue weighted by Gasteiger charge is -2.18. The van der Waals surface area contributed by atoms with Gasteiger partial charge in [-0.25, -0.2) is 4.79 Å². The minimum absolute atomic E-state index is 0.396. The first-order valence-corrected chi connectivity index (χ1v) is 4.42. The van der Waals surface area contributed by atoms with E-state index in [1.54, 1.807) is 18.2 Å². The average Bonchev–Trinajstić information content (AvgIpc) is 2.02. The number of hydrogen-bond acceptors (Lipinski definition) is 3. The Hall–Kier alpha value is -1.51. The van der Waals surface area contributed by atoms with Crippen molar-refractivity contribution in [2.75, 3.05) is 0 Å². The second kappa shape index (κ2) is 4.13. The Morgan fingerprint density at radius 2 is 2.14 bits per heavy atom. The number of carbonyl (C=O) groups is 1. The fourth-order valence-electron chi connectivity index (χ4n) is 0.882. The van der Waals surface area contributed by atoms with Crippen LogP contribution in [0.4, 0.5) is 0 Å². The van der Waals surface area contributed by atoms with Crippen molar-refractivity contribution in [1.29, 1.82) is 0 Å². The molecule has 0 unspecified atom stereocenters. The lowest BCUT2D eigenvalue weighted by Crippen LogP contribution is -2.22. The van der Waals surface area contributed by atoms with Crippen LogP contribution in [-0.2, 0) is 14.3 Å². The summed E-state index contributed by atoms with van der Waals surface area (Å²) < 4.78 is 10.1. The molecule has 0 radical (unpaired) electrons. The van der Waals surface area contributed by atoms with E-state index in [4.69, 9.17) is 9.47 Å². The Morgan fingerprint density at radius 1 is 1.43 bits per heavy atom. The van der Waals surface area contributed by atoms with E-state index in [2.05, 4.69) is 0 Å². The zero-order valence-corrected chi connectivity index (χ0v) is 8.61. The van der Waals surface area contributed by atoms with Crippen molar-refractivity contribution >= 4 is 5.97 Å². The standard InChI is InChI=1S/C11H14O3/c1-11(2,3)14-10(12)8-9-6-4-5-7-13-9/h4-8H,1-3H3. The molecular weight excluding hydrogens is 180 g/mol. The summed E-state index contributed by atoms with van der Waals surface area (Å²) in [5.74, 6) is 0.0919. The molecule has 0 atom stereocenters. The predicted molar refractivity (Wildman–Crippen MR) is 53.3 cm³/mol. The van der Waals surface area contributed by atoms with E-state index >= 15 is 0 Å². The molecule has 0 fully saturated rings. The third-order valence-corrected chi connectivity index (χ3v) is 1.32.